The Labute approximate surface area is 152 Å². The third-order valence-electron chi connectivity index (χ3n) is 4.58. The van der Waals surface area contributed by atoms with Crippen molar-refractivity contribution in [2.75, 3.05) is 31.1 Å². The molecule has 1 amide bonds. The number of nitrogens with zero attached hydrogens (tertiary/aromatic N) is 3. The minimum Gasteiger partial charge on any atom is -0.484 e. The molecule has 1 aliphatic heterocycles. The summed E-state index contributed by atoms with van der Waals surface area (Å²) in [7, 11) is 1.63. The topological polar surface area (TPSA) is 76.5 Å². The van der Waals surface area contributed by atoms with Crippen molar-refractivity contribution in [2.45, 2.75) is 13.3 Å². The molecule has 2 heterocycles. The predicted molar refractivity (Wildman–Crippen MR) is 99.5 cm³/mol. The minimum absolute atomic E-state index is 0.0120. The number of ether oxygens (including phenoxy) is 1. The molecule has 0 spiro atoms. The SMILES string of the molecule is Cc1ccc(OCC(=O)NCC2CCN(c3cnn(C)c(=O)c3)C2)cc1. The monoisotopic (exact) mass is 356 g/mol. The zero-order chi connectivity index (χ0) is 18.5. The molecule has 7 heteroatoms. The van der Waals surface area contributed by atoms with Crippen molar-refractivity contribution in [2.24, 2.45) is 13.0 Å². The predicted octanol–water partition coefficient (Wildman–Crippen LogP) is 1.11. The maximum absolute atomic E-state index is 12.0. The number of amides is 1. The quantitative estimate of drug-likeness (QED) is 0.839. The normalized spacial score (nSPS) is 16.5. The third kappa shape index (κ3) is 4.62. The van der Waals surface area contributed by atoms with Crippen LogP contribution in [0.5, 0.6) is 5.75 Å². The van der Waals surface area contributed by atoms with Gasteiger partial charge in [0.1, 0.15) is 5.75 Å². The van der Waals surface area contributed by atoms with E-state index in [4.69, 9.17) is 4.74 Å². The van der Waals surface area contributed by atoms with E-state index in [0.29, 0.717) is 18.2 Å². The first-order valence-corrected chi connectivity index (χ1v) is 8.76. The summed E-state index contributed by atoms with van der Waals surface area (Å²) < 4.78 is 6.80. The first-order chi connectivity index (χ1) is 12.5. The van der Waals surface area contributed by atoms with Crippen LogP contribution in [0, 0.1) is 12.8 Å². The van der Waals surface area contributed by atoms with E-state index in [0.717, 1.165) is 30.8 Å². The third-order valence-corrected chi connectivity index (χ3v) is 4.58. The van der Waals surface area contributed by atoms with Gasteiger partial charge >= 0.3 is 0 Å². The molecule has 2 aromatic rings. The summed E-state index contributed by atoms with van der Waals surface area (Å²) in [5, 5.41) is 6.98. The zero-order valence-corrected chi connectivity index (χ0v) is 15.1. The van der Waals surface area contributed by atoms with Gasteiger partial charge in [-0.2, -0.15) is 5.10 Å². The number of hydrogen-bond donors (Lipinski definition) is 1. The smallest absolute Gasteiger partial charge is 0.268 e. The molecular formula is C19H24N4O3. The second-order valence-electron chi connectivity index (χ2n) is 6.68. The Morgan fingerprint density at radius 3 is 2.85 bits per heavy atom. The van der Waals surface area contributed by atoms with Gasteiger partial charge in [0.05, 0.1) is 11.9 Å². The fourth-order valence-corrected chi connectivity index (χ4v) is 2.96. The minimum atomic E-state index is -0.126. The van der Waals surface area contributed by atoms with E-state index in [2.05, 4.69) is 15.3 Å². The molecule has 1 fully saturated rings. The highest BCUT2D eigenvalue weighted by atomic mass is 16.5. The van der Waals surface area contributed by atoms with Crippen LogP contribution in [0.25, 0.3) is 0 Å². The Morgan fingerprint density at radius 1 is 1.35 bits per heavy atom. The van der Waals surface area contributed by atoms with Crippen LogP contribution >= 0.6 is 0 Å². The molecule has 26 heavy (non-hydrogen) atoms. The summed E-state index contributed by atoms with van der Waals surface area (Å²) in [6.07, 6.45) is 2.67. The molecule has 7 nitrogen and oxygen atoms in total. The molecule has 1 N–H and O–H groups in total. The first-order valence-electron chi connectivity index (χ1n) is 8.76. The van der Waals surface area contributed by atoms with Gasteiger partial charge in [0.15, 0.2) is 6.61 Å². The maximum Gasteiger partial charge on any atom is 0.268 e. The van der Waals surface area contributed by atoms with Gasteiger partial charge in [0, 0.05) is 32.7 Å². The van der Waals surface area contributed by atoms with E-state index in [1.807, 2.05) is 31.2 Å². The van der Waals surface area contributed by atoms with Crippen LogP contribution in [0.4, 0.5) is 5.69 Å². The van der Waals surface area contributed by atoms with Crippen molar-refractivity contribution in [3.05, 3.63) is 52.4 Å². The molecule has 0 radical (unpaired) electrons. The summed E-state index contributed by atoms with van der Waals surface area (Å²) in [6.45, 7) is 4.27. The summed E-state index contributed by atoms with van der Waals surface area (Å²) in [5.41, 5.74) is 1.87. The number of carbonyl (C=O) groups is 1. The molecule has 1 aliphatic rings. The van der Waals surface area contributed by atoms with Gasteiger partial charge in [-0.15, -0.1) is 0 Å². The number of anilines is 1. The number of hydrogen-bond acceptors (Lipinski definition) is 5. The second kappa shape index (κ2) is 8.03. The van der Waals surface area contributed by atoms with Gasteiger partial charge in [-0.1, -0.05) is 17.7 Å². The molecule has 138 valence electrons. The highest BCUT2D eigenvalue weighted by Gasteiger charge is 2.23. The van der Waals surface area contributed by atoms with Gasteiger partial charge in [-0.05, 0) is 31.4 Å². The molecule has 1 atom stereocenters. The van der Waals surface area contributed by atoms with E-state index in [1.54, 1.807) is 19.3 Å². The summed E-state index contributed by atoms with van der Waals surface area (Å²) in [5.74, 6) is 0.914. The van der Waals surface area contributed by atoms with Crippen molar-refractivity contribution in [1.82, 2.24) is 15.1 Å². The molecular weight excluding hydrogens is 332 g/mol. The highest BCUT2D eigenvalue weighted by Crippen LogP contribution is 2.21. The first kappa shape index (κ1) is 18.0. The molecule has 1 unspecified atom stereocenters. The van der Waals surface area contributed by atoms with Crippen LogP contribution in [0.3, 0.4) is 0 Å². The number of aromatic nitrogens is 2. The van der Waals surface area contributed by atoms with Gasteiger partial charge in [0.25, 0.3) is 11.5 Å². The summed E-state index contributed by atoms with van der Waals surface area (Å²) in [4.78, 5) is 25.8. The second-order valence-corrected chi connectivity index (χ2v) is 6.68. The zero-order valence-electron chi connectivity index (χ0n) is 15.1. The van der Waals surface area contributed by atoms with Crippen LogP contribution in [-0.2, 0) is 11.8 Å². The van der Waals surface area contributed by atoms with Crippen LogP contribution in [-0.4, -0.2) is 41.9 Å². The Kier molecular flexibility index (Phi) is 5.55. The molecule has 0 saturated carbocycles. The average molecular weight is 356 g/mol. The fraction of sp³-hybridized carbons (Fsp3) is 0.421. The number of aryl methyl sites for hydroxylation is 2. The van der Waals surface area contributed by atoms with E-state index >= 15 is 0 Å². The van der Waals surface area contributed by atoms with Gasteiger partial charge < -0.3 is 15.0 Å². The molecule has 0 aliphatic carbocycles. The Hall–Kier alpha value is -2.83. The van der Waals surface area contributed by atoms with Gasteiger partial charge in [-0.3, -0.25) is 9.59 Å². The number of carbonyl (C=O) groups excluding carboxylic acids is 1. The lowest BCUT2D eigenvalue weighted by Crippen LogP contribution is -2.34. The van der Waals surface area contributed by atoms with Crippen molar-refractivity contribution in [1.29, 1.82) is 0 Å². The maximum atomic E-state index is 12.0. The van der Waals surface area contributed by atoms with E-state index in [1.165, 1.54) is 4.68 Å². The lowest BCUT2D eigenvalue weighted by atomic mass is 10.1. The van der Waals surface area contributed by atoms with Crippen molar-refractivity contribution >= 4 is 11.6 Å². The average Bonchev–Trinajstić information content (AvgIpc) is 3.11. The Morgan fingerprint density at radius 2 is 2.12 bits per heavy atom. The lowest BCUT2D eigenvalue weighted by Gasteiger charge is -2.18. The van der Waals surface area contributed by atoms with Gasteiger partial charge in [0.2, 0.25) is 0 Å². The van der Waals surface area contributed by atoms with E-state index in [9.17, 15) is 9.59 Å². The number of benzene rings is 1. The number of rotatable bonds is 6. The fourth-order valence-electron chi connectivity index (χ4n) is 2.96. The molecule has 3 rings (SSSR count). The van der Waals surface area contributed by atoms with Crippen molar-refractivity contribution in [3.63, 3.8) is 0 Å². The van der Waals surface area contributed by atoms with Crippen molar-refractivity contribution < 1.29 is 9.53 Å². The Balaban J connectivity index is 1.42. The molecule has 1 saturated heterocycles. The highest BCUT2D eigenvalue weighted by molar-refractivity contribution is 5.77. The van der Waals surface area contributed by atoms with E-state index in [-0.39, 0.29) is 18.1 Å². The van der Waals surface area contributed by atoms with Gasteiger partial charge in [-0.25, -0.2) is 4.68 Å². The standard InChI is InChI=1S/C19H24N4O3/c1-14-3-5-17(6-4-14)26-13-18(24)20-10-15-7-8-23(12-15)16-9-19(25)22(2)21-11-16/h3-6,9,11,15H,7-8,10,12-13H2,1-2H3,(H,20,24). The molecule has 1 aromatic carbocycles. The van der Waals surface area contributed by atoms with Crippen LogP contribution < -0.4 is 20.5 Å². The molecule has 1 aromatic heterocycles. The lowest BCUT2D eigenvalue weighted by molar-refractivity contribution is -0.123. The van der Waals surface area contributed by atoms with E-state index < -0.39 is 0 Å². The summed E-state index contributed by atoms with van der Waals surface area (Å²) >= 11 is 0. The summed E-state index contributed by atoms with van der Waals surface area (Å²) in [6, 6.07) is 9.22. The largest absolute Gasteiger partial charge is 0.484 e. The molecule has 0 bridgehead atoms. The van der Waals surface area contributed by atoms with Crippen molar-refractivity contribution in [3.8, 4) is 5.75 Å². The van der Waals surface area contributed by atoms with Crippen LogP contribution in [0.1, 0.15) is 12.0 Å². The number of nitrogens with one attached hydrogen (secondary N) is 1. The van der Waals surface area contributed by atoms with Crippen LogP contribution in [0.15, 0.2) is 41.3 Å². The van der Waals surface area contributed by atoms with Crippen LogP contribution in [0.2, 0.25) is 0 Å². The Bertz CT molecular complexity index is 816.